The van der Waals surface area contributed by atoms with Crippen LogP contribution < -0.4 is 5.73 Å². The predicted octanol–water partition coefficient (Wildman–Crippen LogP) is 1.13. The highest BCUT2D eigenvalue weighted by Gasteiger charge is 2.27. The van der Waals surface area contributed by atoms with E-state index >= 15 is 0 Å². The maximum atomic E-state index is 10.7. The van der Waals surface area contributed by atoms with Crippen LogP contribution in [0, 0.1) is 13.8 Å². The van der Waals surface area contributed by atoms with Crippen molar-refractivity contribution in [3.63, 3.8) is 0 Å². The minimum absolute atomic E-state index is 0.184. The lowest BCUT2D eigenvalue weighted by molar-refractivity contribution is 0.0310. The highest BCUT2D eigenvalue weighted by atomic mass is 16.3. The second-order valence-corrected chi connectivity index (χ2v) is 4.78. The first-order valence-electron chi connectivity index (χ1n) is 6.41. The molecule has 0 aliphatic heterocycles. The summed E-state index contributed by atoms with van der Waals surface area (Å²) < 4.78 is 1.80. The molecule has 0 saturated carbocycles. The van der Waals surface area contributed by atoms with Crippen LogP contribution in [0.3, 0.4) is 0 Å². The summed E-state index contributed by atoms with van der Waals surface area (Å²) in [5.74, 6) is 1.60. The third-order valence-electron chi connectivity index (χ3n) is 3.35. The molecule has 5 heteroatoms. The second kappa shape index (κ2) is 5.50. The zero-order valence-corrected chi connectivity index (χ0v) is 11.4. The van der Waals surface area contributed by atoms with Gasteiger partial charge in [-0.25, -0.2) is 4.98 Å². The molecule has 0 aliphatic carbocycles. The molecular formula is C14H20N4O. The molecule has 0 bridgehead atoms. The van der Waals surface area contributed by atoms with Crippen molar-refractivity contribution in [1.29, 1.82) is 0 Å². The summed E-state index contributed by atoms with van der Waals surface area (Å²) >= 11 is 0. The molecule has 0 saturated heterocycles. The smallest absolute Gasteiger partial charge is 0.147 e. The van der Waals surface area contributed by atoms with Gasteiger partial charge in [0.25, 0.3) is 0 Å². The van der Waals surface area contributed by atoms with E-state index in [1.54, 1.807) is 4.68 Å². The van der Waals surface area contributed by atoms with Crippen LogP contribution in [0.15, 0.2) is 30.3 Å². The molecular weight excluding hydrogens is 240 g/mol. The lowest BCUT2D eigenvalue weighted by atomic mass is 9.90. The molecule has 19 heavy (non-hydrogen) atoms. The Morgan fingerprint density at radius 2 is 1.95 bits per heavy atom. The summed E-state index contributed by atoms with van der Waals surface area (Å²) in [7, 11) is 0. The van der Waals surface area contributed by atoms with E-state index in [9.17, 15) is 5.11 Å². The van der Waals surface area contributed by atoms with E-state index in [1.165, 1.54) is 0 Å². The van der Waals surface area contributed by atoms with Crippen LogP contribution in [0.25, 0.3) is 0 Å². The molecule has 3 N–H and O–H groups in total. The van der Waals surface area contributed by atoms with E-state index in [0.717, 1.165) is 17.2 Å². The van der Waals surface area contributed by atoms with Gasteiger partial charge in [-0.15, -0.1) is 0 Å². The van der Waals surface area contributed by atoms with Crippen LogP contribution >= 0.6 is 0 Å². The third-order valence-corrected chi connectivity index (χ3v) is 3.35. The molecule has 5 nitrogen and oxygen atoms in total. The van der Waals surface area contributed by atoms with E-state index in [0.29, 0.717) is 13.0 Å². The Labute approximate surface area is 113 Å². The summed E-state index contributed by atoms with van der Waals surface area (Å²) in [5.41, 5.74) is 5.57. The summed E-state index contributed by atoms with van der Waals surface area (Å²) in [6.45, 7) is 4.54. The number of rotatable bonds is 5. The number of nitrogens with zero attached hydrogens (tertiary/aromatic N) is 3. The van der Waals surface area contributed by atoms with Gasteiger partial charge in [-0.2, -0.15) is 5.10 Å². The van der Waals surface area contributed by atoms with Crippen molar-refractivity contribution >= 4 is 0 Å². The number of hydrogen-bond acceptors (Lipinski definition) is 4. The van der Waals surface area contributed by atoms with Crippen molar-refractivity contribution in [2.24, 2.45) is 5.73 Å². The van der Waals surface area contributed by atoms with Crippen molar-refractivity contribution < 1.29 is 5.11 Å². The fourth-order valence-corrected chi connectivity index (χ4v) is 2.18. The van der Waals surface area contributed by atoms with Gasteiger partial charge in [-0.3, -0.25) is 4.68 Å². The molecule has 0 spiro atoms. The Balaban J connectivity index is 2.13. The minimum atomic E-state index is -1.02. The summed E-state index contributed by atoms with van der Waals surface area (Å²) in [6.07, 6.45) is 0.511. The Kier molecular flexibility index (Phi) is 3.97. The first-order chi connectivity index (χ1) is 9.05. The average molecular weight is 260 g/mol. The van der Waals surface area contributed by atoms with Crippen molar-refractivity contribution in [2.45, 2.75) is 32.4 Å². The summed E-state index contributed by atoms with van der Waals surface area (Å²) in [6, 6.07) is 9.52. The monoisotopic (exact) mass is 260 g/mol. The van der Waals surface area contributed by atoms with Crippen molar-refractivity contribution in [2.75, 3.05) is 6.54 Å². The molecule has 0 aliphatic rings. The maximum absolute atomic E-state index is 10.7. The summed E-state index contributed by atoms with van der Waals surface area (Å²) in [4.78, 5) is 4.25. The fourth-order valence-electron chi connectivity index (χ4n) is 2.18. The first-order valence-corrected chi connectivity index (χ1v) is 6.41. The van der Waals surface area contributed by atoms with Gasteiger partial charge in [0.05, 0.1) is 0 Å². The van der Waals surface area contributed by atoms with Gasteiger partial charge >= 0.3 is 0 Å². The topological polar surface area (TPSA) is 77.0 Å². The van der Waals surface area contributed by atoms with Gasteiger partial charge < -0.3 is 10.8 Å². The molecule has 102 valence electrons. The SMILES string of the molecule is Cc1nc(C)n(CCC(O)(CN)c2ccccc2)n1. The van der Waals surface area contributed by atoms with Gasteiger partial charge in [0, 0.05) is 19.5 Å². The molecule has 1 aromatic carbocycles. The van der Waals surface area contributed by atoms with Crippen LogP contribution in [0.4, 0.5) is 0 Å². The molecule has 1 atom stereocenters. The van der Waals surface area contributed by atoms with Crippen LogP contribution in [0.5, 0.6) is 0 Å². The molecule has 1 heterocycles. The molecule has 0 fully saturated rings. The number of aryl methyl sites for hydroxylation is 3. The number of hydrogen-bond donors (Lipinski definition) is 2. The predicted molar refractivity (Wildman–Crippen MR) is 73.5 cm³/mol. The quantitative estimate of drug-likeness (QED) is 0.845. The fraction of sp³-hybridized carbons (Fsp3) is 0.429. The largest absolute Gasteiger partial charge is 0.384 e. The molecule has 2 rings (SSSR count). The van der Waals surface area contributed by atoms with Crippen LogP contribution in [-0.2, 0) is 12.1 Å². The van der Waals surface area contributed by atoms with E-state index in [2.05, 4.69) is 10.1 Å². The minimum Gasteiger partial charge on any atom is -0.384 e. The normalized spacial score (nSPS) is 14.3. The van der Waals surface area contributed by atoms with Gasteiger partial charge in [-0.05, 0) is 19.4 Å². The summed E-state index contributed by atoms with van der Waals surface area (Å²) in [5, 5.41) is 15.0. The van der Waals surface area contributed by atoms with E-state index in [1.807, 2.05) is 44.2 Å². The standard InChI is InChI=1S/C14H20N4O/c1-11-16-12(2)18(17-11)9-8-14(19,10-15)13-6-4-3-5-7-13/h3-7,19H,8-10,15H2,1-2H3. The van der Waals surface area contributed by atoms with E-state index < -0.39 is 5.60 Å². The highest BCUT2D eigenvalue weighted by molar-refractivity contribution is 5.22. The van der Waals surface area contributed by atoms with Gasteiger partial charge in [0.15, 0.2) is 0 Å². The Bertz CT molecular complexity index is 538. The highest BCUT2D eigenvalue weighted by Crippen LogP contribution is 2.24. The third kappa shape index (κ3) is 3.00. The number of nitrogens with two attached hydrogens (primary N) is 1. The van der Waals surface area contributed by atoms with Crippen molar-refractivity contribution in [3.05, 3.63) is 47.5 Å². The first kappa shape index (κ1) is 13.7. The Morgan fingerprint density at radius 3 is 2.47 bits per heavy atom. The Hall–Kier alpha value is -1.72. The zero-order chi connectivity index (χ0) is 13.9. The van der Waals surface area contributed by atoms with Crippen LogP contribution in [-0.4, -0.2) is 26.4 Å². The molecule has 0 radical (unpaired) electrons. The average Bonchev–Trinajstić information content (AvgIpc) is 2.75. The van der Waals surface area contributed by atoms with Gasteiger partial charge in [0.1, 0.15) is 17.2 Å². The van der Waals surface area contributed by atoms with Crippen molar-refractivity contribution in [3.8, 4) is 0 Å². The van der Waals surface area contributed by atoms with Gasteiger partial charge in [0.2, 0.25) is 0 Å². The lowest BCUT2D eigenvalue weighted by Gasteiger charge is -2.27. The molecule has 2 aromatic rings. The number of aliphatic hydroxyl groups is 1. The van der Waals surface area contributed by atoms with Crippen LogP contribution in [0.2, 0.25) is 0 Å². The number of aromatic nitrogens is 3. The van der Waals surface area contributed by atoms with Crippen molar-refractivity contribution in [1.82, 2.24) is 14.8 Å². The lowest BCUT2D eigenvalue weighted by Crippen LogP contribution is -2.36. The number of benzene rings is 1. The Morgan fingerprint density at radius 1 is 1.26 bits per heavy atom. The molecule has 0 amide bonds. The van der Waals surface area contributed by atoms with E-state index in [4.69, 9.17) is 5.73 Å². The molecule has 1 aromatic heterocycles. The van der Waals surface area contributed by atoms with Gasteiger partial charge in [-0.1, -0.05) is 30.3 Å². The van der Waals surface area contributed by atoms with E-state index in [-0.39, 0.29) is 6.54 Å². The second-order valence-electron chi connectivity index (χ2n) is 4.78. The molecule has 1 unspecified atom stereocenters. The maximum Gasteiger partial charge on any atom is 0.147 e. The zero-order valence-electron chi connectivity index (χ0n) is 11.4. The van der Waals surface area contributed by atoms with Crippen LogP contribution in [0.1, 0.15) is 23.6 Å².